The van der Waals surface area contributed by atoms with Gasteiger partial charge in [0.15, 0.2) is 11.5 Å². The van der Waals surface area contributed by atoms with Crippen LogP contribution >= 0.6 is 23.4 Å². The van der Waals surface area contributed by atoms with Crippen molar-refractivity contribution >= 4 is 40.6 Å². The quantitative estimate of drug-likeness (QED) is 0.369. The van der Waals surface area contributed by atoms with Gasteiger partial charge in [-0.25, -0.2) is 4.39 Å². The first kappa shape index (κ1) is 22.9. The number of carbonyl (C=O) groups is 2. The van der Waals surface area contributed by atoms with E-state index in [4.69, 9.17) is 21.1 Å². The predicted octanol–water partition coefficient (Wildman–Crippen LogP) is 6.30. The zero-order valence-electron chi connectivity index (χ0n) is 17.6. The number of hydrogen-bond donors (Lipinski definition) is 0. The maximum Gasteiger partial charge on any atom is 0.293 e. The molecule has 1 aliphatic rings. The molecular formula is C25H19ClFNO4S. The van der Waals surface area contributed by atoms with Crippen molar-refractivity contribution in [2.24, 2.45) is 0 Å². The van der Waals surface area contributed by atoms with Crippen LogP contribution < -0.4 is 9.47 Å². The molecule has 0 unspecified atom stereocenters. The second-order valence-electron chi connectivity index (χ2n) is 7.22. The predicted molar refractivity (Wildman–Crippen MR) is 127 cm³/mol. The molecule has 33 heavy (non-hydrogen) atoms. The summed E-state index contributed by atoms with van der Waals surface area (Å²) in [6, 6.07) is 18.3. The van der Waals surface area contributed by atoms with Gasteiger partial charge in [-0.05, 0) is 70.9 Å². The SMILES string of the molecule is COc1ccc(/C=C2\SC(=O)N(Cc3ccc(F)cc3)C2=O)cc1OCc1ccc(Cl)cc1. The van der Waals surface area contributed by atoms with E-state index >= 15 is 0 Å². The standard InChI is InChI=1S/C25H19ClFNO4S/c1-31-21-11-6-18(12-22(21)32-15-17-2-7-19(26)8-3-17)13-23-24(29)28(25(30)33-23)14-16-4-9-20(27)10-5-16/h2-13H,14-15H2,1H3/b23-13-. The van der Waals surface area contributed by atoms with Crippen molar-refractivity contribution in [3.63, 3.8) is 0 Å². The Labute approximate surface area is 199 Å². The molecule has 4 rings (SSSR count). The van der Waals surface area contributed by atoms with Crippen molar-refractivity contribution in [3.8, 4) is 11.5 Å². The molecule has 3 aromatic carbocycles. The van der Waals surface area contributed by atoms with Crippen molar-refractivity contribution in [3.05, 3.63) is 99.2 Å². The molecule has 8 heteroatoms. The Hall–Kier alpha value is -3.29. The van der Waals surface area contributed by atoms with Gasteiger partial charge in [-0.2, -0.15) is 0 Å². The van der Waals surface area contributed by atoms with E-state index in [1.807, 2.05) is 12.1 Å². The number of methoxy groups -OCH3 is 1. The van der Waals surface area contributed by atoms with Crippen LogP contribution in [-0.2, 0) is 17.9 Å². The Morgan fingerprint density at radius 2 is 1.67 bits per heavy atom. The smallest absolute Gasteiger partial charge is 0.293 e. The van der Waals surface area contributed by atoms with Crippen LogP contribution in [0.3, 0.4) is 0 Å². The van der Waals surface area contributed by atoms with E-state index in [0.29, 0.717) is 39.2 Å². The molecule has 0 saturated carbocycles. The summed E-state index contributed by atoms with van der Waals surface area (Å²) in [5.74, 6) is 0.285. The molecule has 0 aromatic heterocycles. The minimum atomic E-state index is -0.395. The van der Waals surface area contributed by atoms with E-state index in [9.17, 15) is 14.0 Å². The number of benzene rings is 3. The number of rotatable bonds is 7. The lowest BCUT2D eigenvalue weighted by atomic mass is 10.1. The summed E-state index contributed by atoms with van der Waals surface area (Å²) in [4.78, 5) is 26.7. The topological polar surface area (TPSA) is 55.8 Å². The van der Waals surface area contributed by atoms with Crippen molar-refractivity contribution in [1.29, 1.82) is 0 Å². The first-order chi connectivity index (χ1) is 15.9. The summed E-state index contributed by atoms with van der Waals surface area (Å²) < 4.78 is 24.4. The van der Waals surface area contributed by atoms with Gasteiger partial charge in [0.2, 0.25) is 0 Å². The van der Waals surface area contributed by atoms with Crippen molar-refractivity contribution in [1.82, 2.24) is 4.90 Å². The van der Waals surface area contributed by atoms with Crippen LogP contribution in [0.1, 0.15) is 16.7 Å². The Morgan fingerprint density at radius 3 is 2.36 bits per heavy atom. The molecule has 168 valence electrons. The lowest BCUT2D eigenvalue weighted by molar-refractivity contribution is -0.123. The van der Waals surface area contributed by atoms with Gasteiger partial charge < -0.3 is 9.47 Å². The Morgan fingerprint density at radius 1 is 0.970 bits per heavy atom. The molecule has 1 heterocycles. The van der Waals surface area contributed by atoms with E-state index in [1.54, 1.807) is 55.7 Å². The summed E-state index contributed by atoms with van der Waals surface area (Å²) in [6.07, 6.45) is 1.64. The first-order valence-electron chi connectivity index (χ1n) is 9.98. The Kier molecular flexibility index (Phi) is 7.01. The van der Waals surface area contributed by atoms with Gasteiger partial charge in [0.1, 0.15) is 12.4 Å². The Bertz CT molecular complexity index is 1210. The highest BCUT2D eigenvalue weighted by Gasteiger charge is 2.35. The normalized spacial score (nSPS) is 14.8. The highest BCUT2D eigenvalue weighted by Crippen LogP contribution is 2.35. The molecule has 0 radical (unpaired) electrons. The lowest BCUT2D eigenvalue weighted by Crippen LogP contribution is -2.27. The van der Waals surface area contributed by atoms with Crippen molar-refractivity contribution in [2.75, 3.05) is 7.11 Å². The molecule has 0 aliphatic carbocycles. The summed E-state index contributed by atoms with van der Waals surface area (Å²) >= 11 is 6.79. The zero-order chi connectivity index (χ0) is 23.4. The molecule has 1 aliphatic heterocycles. The molecule has 0 N–H and O–H groups in total. The third-order valence-electron chi connectivity index (χ3n) is 4.92. The van der Waals surface area contributed by atoms with Crippen molar-refractivity contribution < 1.29 is 23.5 Å². The molecule has 1 fully saturated rings. The maximum absolute atomic E-state index is 13.1. The number of imide groups is 1. The molecule has 5 nitrogen and oxygen atoms in total. The summed E-state index contributed by atoms with van der Waals surface area (Å²) in [6.45, 7) is 0.394. The average Bonchev–Trinajstić information content (AvgIpc) is 3.07. The Balaban J connectivity index is 1.51. The molecule has 0 atom stereocenters. The van der Waals surface area contributed by atoms with Crippen molar-refractivity contribution in [2.45, 2.75) is 13.2 Å². The number of hydrogen-bond acceptors (Lipinski definition) is 5. The number of amides is 2. The van der Waals surface area contributed by atoms with E-state index in [1.165, 1.54) is 12.1 Å². The van der Waals surface area contributed by atoms with E-state index in [2.05, 4.69) is 0 Å². The number of nitrogens with zero attached hydrogens (tertiary/aromatic N) is 1. The van der Waals surface area contributed by atoms with Gasteiger partial charge >= 0.3 is 0 Å². The lowest BCUT2D eigenvalue weighted by Gasteiger charge is -2.12. The summed E-state index contributed by atoms with van der Waals surface area (Å²) in [5, 5.41) is 0.273. The molecule has 3 aromatic rings. The van der Waals surface area contributed by atoms with Crippen LogP contribution in [0.15, 0.2) is 71.6 Å². The first-order valence-corrected chi connectivity index (χ1v) is 11.2. The number of thioether (sulfide) groups is 1. The van der Waals surface area contributed by atoms with E-state index in [0.717, 1.165) is 22.2 Å². The number of carbonyl (C=O) groups excluding carboxylic acids is 2. The van der Waals surface area contributed by atoms with Gasteiger partial charge in [0, 0.05) is 5.02 Å². The molecular weight excluding hydrogens is 465 g/mol. The van der Waals surface area contributed by atoms with Crippen LogP contribution in [0.5, 0.6) is 11.5 Å². The molecule has 1 saturated heterocycles. The van der Waals surface area contributed by atoms with Gasteiger partial charge in [0.05, 0.1) is 18.6 Å². The van der Waals surface area contributed by atoms with Crippen LogP contribution in [0.4, 0.5) is 9.18 Å². The van der Waals surface area contributed by atoms with Gasteiger partial charge in [-0.1, -0.05) is 41.9 Å². The van der Waals surface area contributed by atoms with E-state index in [-0.39, 0.29) is 17.6 Å². The maximum atomic E-state index is 13.1. The highest BCUT2D eigenvalue weighted by molar-refractivity contribution is 8.18. The minimum absolute atomic E-state index is 0.0837. The fraction of sp³-hybridized carbons (Fsp3) is 0.120. The summed E-state index contributed by atoms with van der Waals surface area (Å²) in [5.41, 5.74) is 2.30. The third-order valence-corrected chi connectivity index (χ3v) is 6.08. The fourth-order valence-corrected chi connectivity index (χ4v) is 4.16. The van der Waals surface area contributed by atoms with E-state index < -0.39 is 5.91 Å². The molecule has 0 bridgehead atoms. The number of halogens is 2. The van der Waals surface area contributed by atoms with Crippen LogP contribution in [-0.4, -0.2) is 23.2 Å². The second-order valence-corrected chi connectivity index (χ2v) is 8.65. The van der Waals surface area contributed by atoms with Crippen LogP contribution in [0, 0.1) is 5.82 Å². The second kappa shape index (κ2) is 10.1. The largest absolute Gasteiger partial charge is 0.493 e. The van der Waals surface area contributed by atoms with Gasteiger partial charge in [0.25, 0.3) is 11.1 Å². The molecule has 2 amide bonds. The third kappa shape index (κ3) is 5.56. The van der Waals surface area contributed by atoms with Gasteiger partial charge in [-0.3, -0.25) is 14.5 Å². The minimum Gasteiger partial charge on any atom is -0.493 e. The summed E-state index contributed by atoms with van der Waals surface area (Å²) in [7, 11) is 1.55. The zero-order valence-corrected chi connectivity index (χ0v) is 19.2. The van der Waals surface area contributed by atoms with Crippen LogP contribution in [0.2, 0.25) is 5.02 Å². The highest BCUT2D eigenvalue weighted by atomic mass is 35.5. The fourth-order valence-electron chi connectivity index (χ4n) is 3.20. The van der Waals surface area contributed by atoms with Gasteiger partial charge in [-0.15, -0.1) is 0 Å². The monoisotopic (exact) mass is 483 g/mol. The number of ether oxygens (including phenoxy) is 2. The van der Waals surface area contributed by atoms with Crippen LogP contribution in [0.25, 0.3) is 6.08 Å². The average molecular weight is 484 g/mol. The molecule has 0 spiro atoms.